The van der Waals surface area contributed by atoms with Crippen LogP contribution in [0.15, 0.2) is 36.4 Å². The van der Waals surface area contributed by atoms with Gasteiger partial charge in [-0.15, -0.1) is 0 Å². The molecule has 25 heavy (non-hydrogen) atoms. The van der Waals surface area contributed by atoms with Crippen LogP contribution in [-0.4, -0.2) is 32.8 Å². The molecule has 6 nitrogen and oxygen atoms in total. The Hall–Kier alpha value is -2.73. The summed E-state index contributed by atoms with van der Waals surface area (Å²) in [5.74, 6) is -1.05. The van der Waals surface area contributed by atoms with E-state index in [0.29, 0.717) is 12.3 Å². The average Bonchev–Trinajstić information content (AvgIpc) is 2.91. The molecule has 3 rings (SSSR count). The van der Waals surface area contributed by atoms with Gasteiger partial charge < -0.3 is 9.84 Å². The molecule has 0 atom stereocenters. The van der Waals surface area contributed by atoms with Gasteiger partial charge in [-0.25, -0.2) is 14.3 Å². The molecule has 130 valence electrons. The van der Waals surface area contributed by atoms with E-state index in [9.17, 15) is 9.90 Å². The summed E-state index contributed by atoms with van der Waals surface area (Å²) in [4.78, 5) is 16.0. The number of rotatable bonds is 4. The molecule has 0 aliphatic carbocycles. The Labute approximate surface area is 146 Å². The number of aromatic nitrogens is 3. The van der Waals surface area contributed by atoms with E-state index in [2.05, 4.69) is 10.1 Å². The summed E-state index contributed by atoms with van der Waals surface area (Å²) in [7, 11) is 1.61. The molecule has 0 spiro atoms. The van der Waals surface area contributed by atoms with E-state index in [0.717, 1.165) is 22.5 Å². The monoisotopic (exact) mass is 339 g/mol. The van der Waals surface area contributed by atoms with E-state index in [1.165, 1.54) is 0 Å². The summed E-state index contributed by atoms with van der Waals surface area (Å²) in [6.07, 6.45) is 0. The van der Waals surface area contributed by atoms with E-state index in [1.54, 1.807) is 17.7 Å². The van der Waals surface area contributed by atoms with Gasteiger partial charge in [-0.05, 0) is 11.6 Å². The van der Waals surface area contributed by atoms with Gasteiger partial charge in [-0.2, -0.15) is 5.10 Å². The number of carboxylic acids is 1. The first-order valence-electron chi connectivity index (χ1n) is 8.03. The third kappa shape index (κ3) is 3.13. The number of ether oxygens (including phenoxy) is 1. The van der Waals surface area contributed by atoms with Gasteiger partial charge in [0.15, 0.2) is 11.3 Å². The topological polar surface area (TPSA) is 76.7 Å². The molecule has 0 unspecified atom stereocenters. The van der Waals surface area contributed by atoms with Crippen molar-refractivity contribution in [2.24, 2.45) is 0 Å². The Morgan fingerprint density at radius 1 is 1.24 bits per heavy atom. The first-order valence-corrected chi connectivity index (χ1v) is 8.03. The van der Waals surface area contributed by atoms with Crippen molar-refractivity contribution in [2.45, 2.75) is 32.8 Å². The second-order valence-corrected chi connectivity index (χ2v) is 6.94. The van der Waals surface area contributed by atoms with Crippen LogP contribution in [0.1, 0.15) is 42.6 Å². The van der Waals surface area contributed by atoms with Crippen molar-refractivity contribution in [2.75, 3.05) is 7.11 Å². The Morgan fingerprint density at radius 2 is 1.92 bits per heavy atom. The number of methoxy groups -OCH3 is 1. The summed E-state index contributed by atoms with van der Waals surface area (Å²) in [6.45, 7) is 6.38. The van der Waals surface area contributed by atoms with Crippen LogP contribution >= 0.6 is 0 Å². The number of carboxylic acid groups (broad SMARTS) is 1. The van der Waals surface area contributed by atoms with Gasteiger partial charge in [-0.3, -0.25) is 0 Å². The fourth-order valence-electron chi connectivity index (χ4n) is 2.84. The summed E-state index contributed by atoms with van der Waals surface area (Å²) >= 11 is 0. The van der Waals surface area contributed by atoms with Crippen LogP contribution in [0.4, 0.5) is 0 Å². The number of fused-ring (bicyclic) bond motifs is 1. The molecule has 0 saturated heterocycles. The maximum atomic E-state index is 11.6. The van der Waals surface area contributed by atoms with Crippen LogP contribution in [0.2, 0.25) is 0 Å². The Kier molecular flexibility index (Phi) is 4.30. The molecular formula is C19H21N3O3. The normalized spacial score (nSPS) is 11.8. The Morgan fingerprint density at radius 3 is 2.48 bits per heavy atom. The van der Waals surface area contributed by atoms with Gasteiger partial charge in [0.2, 0.25) is 0 Å². The molecule has 0 aliphatic heterocycles. The van der Waals surface area contributed by atoms with Gasteiger partial charge in [0.1, 0.15) is 0 Å². The molecule has 2 aromatic heterocycles. The zero-order chi connectivity index (χ0) is 18.2. The SMILES string of the molecule is COCc1nn2c(C(C)(C)C)cc(C(=O)O)nc2c1-c1ccccc1. The minimum absolute atomic E-state index is 0.0125. The quantitative estimate of drug-likeness (QED) is 0.787. The highest BCUT2D eigenvalue weighted by molar-refractivity contribution is 5.88. The molecule has 1 aromatic carbocycles. The van der Waals surface area contributed by atoms with Crippen LogP contribution in [0, 0.1) is 0 Å². The van der Waals surface area contributed by atoms with E-state index in [-0.39, 0.29) is 11.1 Å². The van der Waals surface area contributed by atoms with E-state index < -0.39 is 5.97 Å². The molecule has 0 saturated carbocycles. The highest BCUT2D eigenvalue weighted by Crippen LogP contribution is 2.32. The number of aromatic carboxylic acids is 1. The number of benzene rings is 1. The molecule has 0 radical (unpaired) electrons. The smallest absolute Gasteiger partial charge is 0.354 e. The third-order valence-corrected chi connectivity index (χ3v) is 3.99. The van der Waals surface area contributed by atoms with Gasteiger partial charge in [0.25, 0.3) is 0 Å². The molecular weight excluding hydrogens is 318 g/mol. The summed E-state index contributed by atoms with van der Waals surface area (Å²) in [5, 5.41) is 14.2. The van der Waals surface area contributed by atoms with Crippen molar-refractivity contribution < 1.29 is 14.6 Å². The lowest BCUT2D eigenvalue weighted by atomic mass is 9.91. The van der Waals surface area contributed by atoms with Crippen molar-refractivity contribution in [3.8, 4) is 11.1 Å². The van der Waals surface area contributed by atoms with E-state index in [4.69, 9.17) is 4.74 Å². The van der Waals surface area contributed by atoms with Gasteiger partial charge in [0.05, 0.1) is 23.6 Å². The summed E-state index contributed by atoms with van der Waals surface area (Å²) < 4.78 is 7.04. The minimum atomic E-state index is -1.05. The van der Waals surface area contributed by atoms with Crippen LogP contribution in [-0.2, 0) is 16.8 Å². The van der Waals surface area contributed by atoms with Crippen molar-refractivity contribution in [1.82, 2.24) is 14.6 Å². The second kappa shape index (κ2) is 6.29. The second-order valence-electron chi connectivity index (χ2n) is 6.94. The van der Waals surface area contributed by atoms with Crippen LogP contribution in [0.5, 0.6) is 0 Å². The van der Waals surface area contributed by atoms with Crippen molar-refractivity contribution in [1.29, 1.82) is 0 Å². The molecule has 2 heterocycles. The van der Waals surface area contributed by atoms with Gasteiger partial charge in [0, 0.05) is 12.5 Å². The fourth-order valence-corrected chi connectivity index (χ4v) is 2.84. The summed E-state index contributed by atoms with van der Waals surface area (Å²) in [6, 6.07) is 11.3. The highest BCUT2D eigenvalue weighted by atomic mass is 16.5. The fraction of sp³-hybridized carbons (Fsp3) is 0.316. The van der Waals surface area contributed by atoms with Crippen molar-refractivity contribution in [3.63, 3.8) is 0 Å². The Bertz CT molecular complexity index is 924. The predicted molar refractivity (Wildman–Crippen MR) is 94.8 cm³/mol. The molecule has 3 aromatic rings. The Balaban J connectivity index is 2.42. The molecule has 0 amide bonds. The number of nitrogens with zero attached hydrogens (tertiary/aromatic N) is 3. The average molecular weight is 339 g/mol. The number of carbonyl (C=O) groups is 1. The first kappa shape index (κ1) is 17.1. The number of hydrogen-bond acceptors (Lipinski definition) is 4. The standard InChI is InChI=1S/C19H21N3O3/c1-19(2,3)15-10-13(18(23)24)20-17-16(12-8-6-5-7-9-12)14(11-25-4)21-22(15)17/h5-10H,11H2,1-4H3,(H,23,24). The lowest BCUT2D eigenvalue weighted by molar-refractivity contribution is 0.0690. The maximum absolute atomic E-state index is 11.6. The zero-order valence-electron chi connectivity index (χ0n) is 14.8. The van der Waals surface area contributed by atoms with Gasteiger partial charge in [-0.1, -0.05) is 51.1 Å². The highest BCUT2D eigenvalue weighted by Gasteiger charge is 2.25. The largest absolute Gasteiger partial charge is 0.477 e. The number of hydrogen-bond donors (Lipinski definition) is 1. The van der Waals surface area contributed by atoms with Crippen molar-refractivity contribution >= 4 is 11.6 Å². The zero-order valence-corrected chi connectivity index (χ0v) is 14.8. The lowest BCUT2D eigenvalue weighted by Crippen LogP contribution is -2.19. The predicted octanol–water partition coefficient (Wildman–Crippen LogP) is 3.54. The van der Waals surface area contributed by atoms with E-state index in [1.807, 2.05) is 51.1 Å². The summed E-state index contributed by atoms with van der Waals surface area (Å²) in [5.41, 5.74) is 3.50. The molecule has 0 bridgehead atoms. The van der Waals surface area contributed by atoms with Crippen LogP contribution in [0.3, 0.4) is 0 Å². The molecule has 6 heteroatoms. The van der Waals surface area contributed by atoms with Crippen LogP contribution < -0.4 is 0 Å². The lowest BCUT2D eigenvalue weighted by Gasteiger charge is -2.20. The molecule has 0 fully saturated rings. The molecule has 1 N–H and O–H groups in total. The third-order valence-electron chi connectivity index (χ3n) is 3.99. The van der Waals surface area contributed by atoms with Crippen LogP contribution in [0.25, 0.3) is 16.8 Å². The molecule has 0 aliphatic rings. The van der Waals surface area contributed by atoms with E-state index >= 15 is 0 Å². The minimum Gasteiger partial charge on any atom is -0.477 e. The van der Waals surface area contributed by atoms with Gasteiger partial charge >= 0.3 is 5.97 Å². The first-order chi connectivity index (χ1) is 11.8. The maximum Gasteiger partial charge on any atom is 0.354 e. The van der Waals surface area contributed by atoms with Crippen molar-refractivity contribution in [3.05, 3.63) is 53.5 Å².